The maximum atomic E-state index is 11.6. The zero-order valence-electron chi connectivity index (χ0n) is 9.68. The molecule has 92 valence electrons. The van der Waals surface area contributed by atoms with E-state index in [1.807, 2.05) is 0 Å². The maximum Gasteiger partial charge on any atom is 0.328 e. The summed E-state index contributed by atoms with van der Waals surface area (Å²) in [4.78, 5) is 22.5. The van der Waals surface area contributed by atoms with E-state index < -0.39 is 23.5 Å². The number of aliphatic hydroxyl groups excluding tert-OH is 1. The highest BCUT2D eigenvalue weighted by atomic mass is 16.4. The number of hydrogen-bond donors (Lipinski definition) is 3. The summed E-state index contributed by atoms with van der Waals surface area (Å²) in [5, 5.41) is 20.8. The summed E-state index contributed by atoms with van der Waals surface area (Å²) in [5.74, 6) is -1.89. The van der Waals surface area contributed by atoms with Gasteiger partial charge in [-0.2, -0.15) is 0 Å². The minimum absolute atomic E-state index is 0.422. The fourth-order valence-corrected chi connectivity index (χ4v) is 1.22. The summed E-state index contributed by atoms with van der Waals surface area (Å²) in [5.41, 5.74) is -0.987. The highest BCUT2D eigenvalue weighted by Crippen LogP contribution is 2.13. The van der Waals surface area contributed by atoms with Crippen molar-refractivity contribution in [3.8, 4) is 0 Å². The fraction of sp³-hybridized carbons (Fsp3) is 0.333. The van der Waals surface area contributed by atoms with E-state index in [1.165, 1.54) is 13.8 Å². The number of amides is 1. The topological polar surface area (TPSA) is 86.6 Å². The van der Waals surface area contributed by atoms with Crippen LogP contribution in [0.2, 0.25) is 0 Å². The number of hydrogen-bond acceptors (Lipinski definition) is 3. The fourth-order valence-electron chi connectivity index (χ4n) is 1.22. The van der Waals surface area contributed by atoms with Gasteiger partial charge in [0.25, 0.3) is 5.91 Å². The van der Waals surface area contributed by atoms with Crippen LogP contribution < -0.4 is 5.32 Å². The van der Waals surface area contributed by atoms with Crippen molar-refractivity contribution in [3.05, 3.63) is 35.9 Å². The third-order valence-electron chi connectivity index (χ3n) is 2.33. The molecule has 1 aromatic carbocycles. The summed E-state index contributed by atoms with van der Waals surface area (Å²) in [6.45, 7) is 2.70. The van der Waals surface area contributed by atoms with Crippen LogP contribution in [-0.4, -0.2) is 27.6 Å². The Morgan fingerprint density at radius 2 is 1.76 bits per heavy atom. The van der Waals surface area contributed by atoms with Crippen molar-refractivity contribution in [1.82, 2.24) is 5.32 Å². The van der Waals surface area contributed by atoms with Gasteiger partial charge in [0.05, 0.1) is 0 Å². The van der Waals surface area contributed by atoms with Crippen molar-refractivity contribution in [2.75, 3.05) is 0 Å². The lowest BCUT2D eigenvalue weighted by Gasteiger charge is -2.22. The summed E-state index contributed by atoms with van der Waals surface area (Å²) >= 11 is 0. The molecule has 0 fully saturated rings. The second-order valence-electron chi connectivity index (χ2n) is 4.23. The van der Waals surface area contributed by atoms with E-state index in [0.29, 0.717) is 5.56 Å². The molecule has 0 saturated heterocycles. The molecule has 0 saturated carbocycles. The molecular formula is C12H15NO4. The highest BCUT2D eigenvalue weighted by Gasteiger charge is 2.31. The lowest BCUT2D eigenvalue weighted by molar-refractivity contribution is -0.147. The van der Waals surface area contributed by atoms with E-state index in [9.17, 15) is 14.7 Å². The van der Waals surface area contributed by atoms with Crippen LogP contribution in [-0.2, 0) is 9.59 Å². The van der Waals surface area contributed by atoms with Gasteiger partial charge in [0.15, 0.2) is 6.10 Å². The average molecular weight is 237 g/mol. The third kappa shape index (κ3) is 3.29. The summed E-state index contributed by atoms with van der Waals surface area (Å²) in [7, 11) is 0. The van der Waals surface area contributed by atoms with Crippen molar-refractivity contribution >= 4 is 11.9 Å². The van der Waals surface area contributed by atoms with Gasteiger partial charge < -0.3 is 15.5 Å². The molecule has 1 aromatic rings. The first-order valence-corrected chi connectivity index (χ1v) is 5.13. The standard InChI is InChI=1S/C12H15NO4/c1-12(2,11(16)17)13-10(15)9(14)8-6-4-3-5-7-8/h3-7,9,14H,1-2H3,(H,13,15)(H,16,17). The van der Waals surface area contributed by atoms with E-state index in [-0.39, 0.29) is 0 Å². The van der Waals surface area contributed by atoms with Crippen LogP contribution in [0.4, 0.5) is 0 Å². The van der Waals surface area contributed by atoms with Crippen LogP contribution in [0.1, 0.15) is 25.5 Å². The van der Waals surface area contributed by atoms with Gasteiger partial charge in [-0.3, -0.25) is 4.79 Å². The van der Waals surface area contributed by atoms with Crippen LogP contribution in [0.25, 0.3) is 0 Å². The largest absolute Gasteiger partial charge is 0.480 e. The second-order valence-corrected chi connectivity index (χ2v) is 4.23. The molecule has 0 aliphatic carbocycles. The second kappa shape index (κ2) is 4.97. The number of aliphatic hydroxyl groups is 1. The Morgan fingerprint density at radius 3 is 2.24 bits per heavy atom. The van der Waals surface area contributed by atoms with Crippen molar-refractivity contribution in [1.29, 1.82) is 0 Å². The molecule has 0 radical (unpaired) electrons. The van der Waals surface area contributed by atoms with Gasteiger partial charge >= 0.3 is 5.97 Å². The van der Waals surface area contributed by atoms with E-state index in [4.69, 9.17) is 5.11 Å². The van der Waals surface area contributed by atoms with E-state index >= 15 is 0 Å². The lowest BCUT2D eigenvalue weighted by atomic mass is 10.0. The Kier molecular flexibility index (Phi) is 3.85. The predicted octanol–water partition coefficient (Wildman–Crippen LogP) is 0.699. The molecule has 0 spiro atoms. The van der Waals surface area contributed by atoms with E-state index in [0.717, 1.165) is 0 Å². The molecule has 1 rings (SSSR count). The number of aliphatic carboxylic acids is 1. The van der Waals surface area contributed by atoms with Crippen molar-refractivity contribution in [2.24, 2.45) is 0 Å². The Labute approximate surface area is 99.1 Å². The Hall–Kier alpha value is -1.88. The molecule has 5 heteroatoms. The number of benzene rings is 1. The zero-order valence-corrected chi connectivity index (χ0v) is 9.68. The molecule has 3 N–H and O–H groups in total. The Balaban J connectivity index is 2.75. The normalized spacial score (nSPS) is 12.9. The Morgan fingerprint density at radius 1 is 1.24 bits per heavy atom. The number of carboxylic acid groups (broad SMARTS) is 1. The van der Waals surface area contributed by atoms with Crippen molar-refractivity contribution in [2.45, 2.75) is 25.5 Å². The smallest absolute Gasteiger partial charge is 0.328 e. The number of carbonyl (C=O) groups is 2. The molecule has 0 aromatic heterocycles. The Bertz CT molecular complexity index is 414. The maximum absolute atomic E-state index is 11.6. The van der Waals surface area contributed by atoms with Gasteiger partial charge in [-0.15, -0.1) is 0 Å². The van der Waals surface area contributed by atoms with E-state index in [1.54, 1.807) is 30.3 Å². The summed E-state index contributed by atoms with van der Waals surface area (Å²) in [6, 6.07) is 8.33. The first-order valence-electron chi connectivity index (χ1n) is 5.13. The molecule has 5 nitrogen and oxygen atoms in total. The van der Waals surface area contributed by atoms with Crippen LogP contribution >= 0.6 is 0 Å². The number of carbonyl (C=O) groups excluding carboxylic acids is 1. The molecule has 1 unspecified atom stereocenters. The summed E-state index contributed by atoms with van der Waals surface area (Å²) < 4.78 is 0. The quantitative estimate of drug-likeness (QED) is 0.719. The first kappa shape index (κ1) is 13.2. The highest BCUT2D eigenvalue weighted by molar-refractivity contribution is 5.88. The van der Waals surface area contributed by atoms with Gasteiger partial charge in [0.1, 0.15) is 5.54 Å². The molecule has 17 heavy (non-hydrogen) atoms. The molecule has 1 amide bonds. The molecule has 0 heterocycles. The number of carboxylic acids is 1. The number of rotatable bonds is 4. The van der Waals surface area contributed by atoms with Crippen LogP contribution in [0.3, 0.4) is 0 Å². The van der Waals surface area contributed by atoms with Crippen molar-refractivity contribution < 1.29 is 19.8 Å². The molecule has 1 atom stereocenters. The average Bonchev–Trinajstić information content (AvgIpc) is 2.28. The van der Waals surface area contributed by atoms with Gasteiger partial charge in [0, 0.05) is 0 Å². The summed E-state index contributed by atoms with van der Waals surface area (Å²) in [6.07, 6.45) is -1.37. The van der Waals surface area contributed by atoms with Crippen LogP contribution in [0.15, 0.2) is 30.3 Å². The van der Waals surface area contributed by atoms with E-state index in [2.05, 4.69) is 5.32 Å². The SMILES string of the molecule is CC(C)(NC(=O)C(O)c1ccccc1)C(=O)O. The molecule has 0 aliphatic rings. The monoisotopic (exact) mass is 237 g/mol. The minimum atomic E-state index is -1.41. The van der Waals surface area contributed by atoms with Crippen LogP contribution in [0.5, 0.6) is 0 Å². The molecule has 0 bridgehead atoms. The number of nitrogens with one attached hydrogen (secondary N) is 1. The first-order chi connectivity index (χ1) is 7.84. The van der Waals surface area contributed by atoms with Crippen molar-refractivity contribution in [3.63, 3.8) is 0 Å². The minimum Gasteiger partial charge on any atom is -0.480 e. The molecular weight excluding hydrogens is 222 g/mol. The van der Waals surface area contributed by atoms with Gasteiger partial charge in [-0.1, -0.05) is 30.3 Å². The lowest BCUT2D eigenvalue weighted by Crippen LogP contribution is -2.51. The zero-order chi connectivity index (χ0) is 13.1. The molecule has 0 aliphatic heterocycles. The predicted molar refractivity (Wildman–Crippen MR) is 61.3 cm³/mol. The van der Waals surface area contributed by atoms with Gasteiger partial charge in [-0.25, -0.2) is 4.79 Å². The van der Waals surface area contributed by atoms with Gasteiger partial charge in [0.2, 0.25) is 0 Å². The van der Waals surface area contributed by atoms with Gasteiger partial charge in [-0.05, 0) is 19.4 Å². The van der Waals surface area contributed by atoms with Crippen LogP contribution in [0, 0.1) is 0 Å². The third-order valence-corrected chi connectivity index (χ3v) is 2.33.